The number of amides is 2. The number of carboxylic acids is 1. The number of amidine groups is 1. The fraction of sp³-hybridized carbons (Fsp3) is 0.565. The minimum Gasteiger partial charge on any atom is -0.508 e. The van der Waals surface area contributed by atoms with Crippen LogP contribution in [0.5, 0.6) is 5.75 Å². The Hall–Kier alpha value is -3.14. The van der Waals surface area contributed by atoms with E-state index in [1.807, 2.05) is 0 Å². The molecule has 1 aliphatic carbocycles. The largest absolute Gasteiger partial charge is 0.508 e. The van der Waals surface area contributed by atoms with Crippen LogP contribution in [0.4, 0.5) is 0 Å². The van der Waals surface area contributed by atoms with Crippen LogP contribution in [0.2, 0.25) is 0 Å². The second-order valence-corrected chi connectivity index (χ2v) is 8.85. The maximum atomic E-state index is 13.7. The van der Waals surface area contributed by atoms with Crippen molar-refractivity contribution in [1.29, 1.82) is 5.41 Å². The van der Waals surface area contributed by atoms with Crippen LogP contribution in [-0.4, -0.2) is 63.9 Å². The maximum absolute atomic E-state index is 13.7. The van der Waals surface area contributed by atoms with Crippen LogP contribution in [-0.2, 0) is 20.9 Å². The molecule has 1 saturated carbocycles. The molecule has 1 aliphatic heterocycles. The number of phenolic OH excluding ortho intramolecular Hbond substituents is 1. The number of nitrogens with one attached hydrogen (secondary N) is 3. The van der Waals surface area contributed by atoms with E-state index >= 15 is 0 Å². The van der Waals surface area contributed by atoms with Crippen LogP contribution >= 0.6 is 0 Å². The van der Waals surface area contributed by atoms with Crippen molar-refractivity contribution in [2.75, 3.05) is 19.6 Å². The van der Waals surface area contributed by atoms with Crippen molar-refractivity contribution in [2.45, 2.75) is 57.0 Å². The first-order valence-corrected chi connectivity index (χ1v) is 11.4. The molecule has 10 nitrogen and oxygen atoms in total. The summed E-state index contributed by atoms with van der Waals surface area (Å²) in [5.74, 6) is -1.75. The minimum absolute atomic E-state index is 0.0332. The zero-order valence-corrected chi connectivity index (χ0v) is 18.7. The highest BCUT2D eigenvalue weighted by Gasteiger charge is 2.54. The normalized spacial score (nSPS) is 21.0. The third-order valence-electron chi connectivity index (χ3n) is 6.78. The molecule has 0 radical (unpaired) electrons. The van der Waals surface area contributed by atoms with Gasteiger partial charge in [-0.15, -0.1) is 0 Å². The highest BCUT2D eigenvalue weighted by Crippen LogP contribution is 2.43. The van der Waals surface area contributed by atoms with Gasteiger partial charge in [0.05, 0.1) is 13.1 Å². The van der Waals surface area contributed by atoms with Gasteiger partial charge in [-0.25, -0.2) is 0 Å². The summed E-state index contributed by atoms with van der Waals surface area (Å²) in [6.45, 7) is 0.0752. The Balaban J connectivity index is 1.79. The van der Waals surface area contributed by atoms with E-state index in [0.29, 0.717) is 30.5 Å². The second-order valence-electron chi connectivity index (χ2n) is 8.85. The Morgan fingerprint density at radius 2 is 1.88 bits per heavy atom. The molecule has 0 bridgehead atoms. The Labute approximate surface area is 193 Å². The molecule has 1 heterocycles. The number of likely N-dealkylation sites (tertiary alicyclic amines) is 1. The number of benzene rings is 1. The molecule has 1 atom stereocenters. The van der Waals surface area contributed by atoms with E-state index < -0.39 is 11.5 Å². The average molecular weight is 460 g/mol. The Morgan fingerprint density at radius 3 is 2.52 bits per heavy atom. The fourth-order valence-electron chi connectivity index (χ4n) is 5.20. The number of hydrogen-bond donors (Lipinski definition) is 6. The number of hydrogen-bond acceptors (Lipinski definition) is 6. The highest BCUT2D eigenvalue weighted by atomic mass is 16.4. The van der Waals surface area contributed by atoms with Crippen molar-refractivity contribution in [3.8, 4) is 5.75 Å². The van der Waals surface area contributed by atoms with Crippen molar-refractivity contribution >= 4 is 23.6 Å². The molecule has 180 valence electrons. The lowest BCUT2D eigenvalue weighted by atomic mass is 9.72. The van der Waals surface area contributed by atoms with Crippen LogP contribution in [0.25, 0.3) is 0 Å². The zero-order chi connectivity index (χ0) is 24.0. The van der Waals surface area contributed by atoms with E-state index in [4.69, 9.17) is 16.2 Å². The molecule has 0 unspecified atom stereocenters. The van der Waals surface area contributed by atoms with Crippen molar-refractivity contribution < 1.29 is 24.6 Å². The van der Waals surface area contributed by atoms with Crippen molar-refractivity contribution in [3.05, 3.63) is 29.3 Å². The van der Waals surface area contributed by atoms with Crippen LogP contribution in [0, 0.1) is 11.3 Å². The van der Waals surface area contributed by atoms with E-state index in [2.05, 4.69) is 10.6 Å². The summed E-state index contributed by atoms with van der Waals surface area (Å²) >= 11 is 0. The van der Waals surface area contributed by atoms with Gasteiger partial charge in [-0.2, -0.15) is 0 Å². The quantitative estimate of drug-likeness (QED) is 0.235. The number of carbonyl (C=O) groups excluding carboxylic acids is 2. The van der Waals surface area contributed by atoms with Gasteiger partial charge in [-0.3, -0.25) is 25.1 Å². The summed E-state index contributed by atoms with van der Waals surface area (Å²) in [5.41, 5.74) is 5.37. The van der Waals surface area contributed by atoms with E-state index in [1.54, 1.807) is 17.0 Å². The smallest absolute Gasteiger partial charge is 0.317 e. The molecule has 2 fully saturated rings. The summed E-state index contributed by atoms with van der Waals surface area (Å²) in [6.07, 6.45) is 6.10. The summed E-state index contributed by atoms with van der Waals surface area (Å²) in [4.78, 5) is 39.2. The second kappa shape index (κ2) is 10.7. The number of nitrogens with zero attached hydrogens (tertiary/aromatic N) is 1. The summed E-state index contributed by atoms with van der Waals surface area (Å²) < 4.78 is 0. The topological polar surface area (TPSA) is 169 Å². The van der Waals surface area contributed by atoms with Crippen LogP contribution < -0.4 is 16.4 Å². The van der Waals surface area contributed by atoms with Crippen LogP contribution in [0.3, 0.4) is 0 Å². The summed E-state index contributed by atoms with van der Waals surface area (Å²) in [7, 11) is 0. The van der Waals surface area contributed by atoms with Gasteiger partial charge in [0, 0.05) is 24.2 Å². The summed E-state index contributed by atoms with van der Waals surface area (Å²) in [6, 6.07) is 4.62. The number of rotatable bonds is 9. The minimum atomic E-state index is -1.05. The standard InChI is InChI=1S/C23H33N5O5/c24-21(25)15-7-8-16(18(29)11-15)12-27-22(33)23(17-5-2-1-3-6-17)9-4-10-28(23)19(30)13-26-14-20(31)32/h7-8,11,17,26,29H,1-6,9-10,12-14H2,(H3,24,25)(H,27,33)(H,31,32)/t23-/m1/s1. The van der Waals surface area contributed by atoms with Gasteiger partial charge in [-0.1, -0.05) is 31.4 Å². The third kappa shape index (κ3) is 5.44. The molecule has 1 aromatic carbocycles. The first-order chi connectivity index (χ1) is 15.8. The molecule has 0 aromatic heterocycles. The van der Waals surface area contributed by atoms with Gasteiger partial charge in [0.25, 0.3) is 0 Å². The Morgan fingerprint density at radius 1 is 1.15 bits per heavy atom. The predicted molar refractivity (Wildman–Crippen MR) is 122 cm³/mol. The Kier molecular flexibility index (Phi) is 7.91. The Bertz CT molecular complexity index is 915. The average Bonchev–Trinajstić information content (AvgIpc) is 3.24. The number of aromatic hydroxyl groups is 1. The number of carbonyl (C=O) groups is 3. The number of carboxylic acid groups (broad SMARTS) is 1. The molecule has 7 N–H and O–H groups in total. The molecule has 1 saturated heterocycles. The first-order valence-electron chi connectivity index (χ1n) is 11.4. The number of nitrogens with two attached hydrogens (primary N) is 1. The molecule has 10 heteroatoms. The maximum Gasteiger partial charge on any atom is 0.317 e. The lowest BCUT2D eigenvalue weighted by molar-refractivity contribution is -0.149. The van der Waals surface area contributed by atoms with Gasteiger partial charge in [-0.05, 0) is 37.7 Å². The van der Waals surface area contributed by atoms with E-state index in [0.717, 1.165) is 32.1 Å². The van der Waals surface area contributed by atoms with Crippen molar-refractivity contribution in [2.24, 2.45) is 11.7 Å². The molecule has 2 aliphatic rings. The molecular formula is C23H33N5O5. The highest BCUT2D eigenvalue weighted by molar-refractivity contribution is 5.95. The molecule has 0 spiro atoms. The van der Waals surface area contributed by atoms with Gasteiger partial charge >= 0.3 is 5.97 Å². The van der Waals surface area contributed by atoms with Gasteiger partial charge in [0.2, 0.25) is 11.8 Å². The van der Waals surface area contributed by atoms with Crippen LogP contribution in [0.15, 0.2) is 18.2 Å². The predicted octanol–water partition coefficient (Wildman–Crippen LogP) is 0.908. The zero-order valence-electron chi connectivity index (χ0n) is 18.7. The van der Waals surface area contributed by atoms with E-state index in [1.165, 1.54) is 6.07 Å². The molecule has 2 amide bonds. The molecule has 3 rings (SSSR count). The third-order valence-corrected chi connectivity index (χ3v) is 6.78. The summed E-state index contributed by atoms with van der Waals surface area (Å²) in [5, 5.41) is 32.2. The van der Waals surface area contributed by atoms with Crippen molar-refractivity contribution in [1.82, 2.24) is 15.5 Å². The number of phenols is 1. The molecular weight excluding hydrogens is 426 g/mol. The molecule has 1 aromatic rings. The lowest BCUT2D eigenvalue weighted by Gasteiger charge is -2.44. The SMILES string of the molecule is N=C(N)c1ccc(CNC(=O)[C@]2(C3CCCCC3)CCCN2C(=O)CNCC(=O)O)c(O)c1. The first kappa shape index (κ1) is 24.5. The monoisotopic (exact) mass is 459 g/mol. The van der Waals surface area contributed by atoms with Crippen LogP contribution in [0.1, 0.15) is 56.1 Å². The van der Waals surface area contributed by atoms with Gasteiger partial charge < -0.3 is 26.2 Å². The van der Waals surface area contributed by atoms with E-state index in [9.17, 15) is 19.5 Å². The number of aliphatic carboxylic acids is 1. The van der Waals surface area contributed by atoms with Crippen molar-refractivity contribution in [3.63, 3.8) is 0 Å². The number of nitrogen functional groups attached to an aromatic ring is 1. The van der Waals surface area contributed by atoms with Gasteiger partial charge in [0.15, 0.2) is 0 Å². The van der Waals surface area contributed by atoms with E-state index in [-0.39, 0.29) is 49.0 Å². The molecule has 33 heavy (non-hydrogen) atoms. The lowest BCUT2D eigenvalue weighted by Crippen LogP contribution is -2.62. The van der Waals surface area contributed by atoms with Gasteiger partial charge in [0.1, 0.15) is 17.1 Å². The fourth-order valence-corrected chi connectivity index (χ4v) is 5.20.